The fourth-order valence-electron chi connectivity index (χ4n) is 2.72. The number of thiophene rings is 1. The lowest BCUT2D eigenvalue weighted by Gasteiger charge is -2.14. The maximum absolute atomic E-state index is 12.3. The molecule has 3 unspecified atom stereocenters. The summed E-state index contributed by atoms with van der Waals surface area (Å²) < 4.78 is 0. The second-order valence-electron chi connectivity index (χ2n) is 5.61. The van der Waals surface area contributed by atoms with Crippen LogP contribution in [0.4, 0.5) is 0 Å². The number of carboxylic acids is 1. The summed E-state index contributed by atoms with van der Waals surface area (Å²) in [5.74, 6) is -1.08. The molecule has 0 aliphatic heterocycles. The van der Waals surface area contributed by atoms with Crippen molar-refractivity contribution in [3.63, 3.8) is 0 Å². The Labute approximate surface area is 132 Å². The summed E-state index contributed by atoms with van der Waals surface area (Å²) in [5.41, 5.74) is 1.80. The van der Waals surface area contributed by atoms with Crippen molar-refractivity contribution in [2.75, 3.05) is 0 Å². The zero-order chi connectivity index (χ0) is 15.7. The van der Waals surface area contributed by atoms with Crippen molar-refractivity contribution in [3.8, 4) is 0 Å². The van der Waals surface area contributed by atoms with Gasteiger partial charge in [-0.05, 0) is 35.9 Å². The normalized spacial score (nSPS) is 21.1. The van der Waals surface area contributed by atoms with Gasteiger partial charge in [-0.25, -0.2) is 4.79 Å². The molecule has 0 radical (unpaired) electrons. The number of carbonyl (C=O) groups is 2. The third kappa shape index (κ3) is 2.90. The Balaban J connectivity index is 1.69. The summed E-state index contributed by atoms with van der Waals surface area (Å²) in [6.45, 7) is 2.04. The molecule has 1 aliphatic rings. The topological polar surface area (TPSA) is 66.4 Å². The third-order valence-electron chi connectivity index (χ3n) is 4.03. The first-order valence-electron chi connectivity index (χ1n) is 7.20. The van der Waals surface area contributed by atoms with E-state index in [-0.39, 0.29) is 17.7 Å². The van der Waals surface area contributed by atoms with Crippen LogP contribution in [0.25, 0.3) is 0 Å². The Kier molecular flexibility index (Phi) is 3.98. The van der Waals surface area contributed by atoms with E-state index >= 15 is 0 Å². The van der Waals surface area contributed by atoms with E-state index in [2.05, 4.69) is 11.4 Å². The Bertz CT molecular complexity index is 695. The molecule has 1 fully saturated rings. The van der Waals surface area contributed by atoms with E-state index < -0.39 is 12.0 Å². The molecule has 0 bridgehead atoms. The van der Waals surface area contributed by atoms with Gasteiger partial charge in [0.25, 0.3) is 0 Å². The number of rotatable bonds is 5. The molecule has 1 aliphatic carbocycles. The van der Waals surface area contributed by atoms with E-state index in [0.717, 1.165) is 6.42 Å². The number of carboxylic acid groups (broad SMARTS) is 1. The van der Waals surface area contributed by atoms with Gasteiger partial charge in [0.1, 0.15) is 0 Å². The molecule has 1 amide bonds. The molecule has 2 aromatic rings. The second kappa shape index (κ2) is 5.93. The van der Waals surface area contributed by atoms with Crippen molar-refractivity contribution in [1.82, 2.24) is 5.32 Å². The number of amides is 1. The number of hydrogen-bond acceptors (Lipinski definition) is 3. The number of hydrogen-bond donors (Lipinski definition) is 2. The summed E-state index contributed by atoms with van der Waals surface area (Å²) in [7, 11) is 0. The summed E-state index contributed by atoms with van der Waals surface area (Å²) in [6.07, 6.45) is 0.800. The van der Waals surface area contributed by atoms with E-state index in [1.165, 1.54) is 10.4 Å². The molecule has 3 rings (SSSR count). The number of aliphatic carboxylic acids is 1. The van der Waals surface area contributed by atoms with Crippen LogP contribution >= 0.6 is 11.3 Å². The number of carbonyl (C=O) groups excluding carboxylic acids is 1. The van der Waals surface area contributed by atoms with Gasteiger partial charge in [0.05, 0.1) is 0 Å². The van der Waals surface area contributed by atoms with E-state index in [9.17, 15) is 14.7 Å². The van der Waals surface area contributed by atoms with Gasteiger partial charge in [-0.1, -0.05) is 30.3 Å². The fraction of sp³-hybridized carbons (Fsp3) is 0.294. The molecule has 0 spiro atoms. The van der Waals surface area contributed by atoms with Gasteiger partial charge >= 0.3 is 5.97 Å². The van der Waals surface area contributed by atoms with Crippen molar-refractivity contribution < 1.29 is 14.7 Å². The van der Waals surface area contributed by atoms with Crippen LogP contribution in [0.5, 0.6) is 0 Å². The first-order chi connectivity index (χ1) is 10.6. The van der Waals surface area contributed by atoms with Gasteiger partial charge in [0.2, 0.25) is 5.91 Å². The average molecular weight is 315 g/mol. The minimum Gasteiger partial charge on any atom is -0.479 e. The van der Waals surface area contributed by atoms with E-state index in [4.69, 9.17) is 0 Å². The van der Waals surface area contributed by atoms with Crippen molar-refractivity contribution in [2.45, 2.75) is 25.3 Å². The molecule has 114 valence electrons. The van der Waals surface area contributed by atoms with E-state index in [0.29, 0.717) is 5.56 Å². The standard InChI is InChI=1S/C17H17NO3S/c1-10-7-8-22-15(10)12-9-13(12)16(19)18-14(17(20)21)11-5-3-2-4-6-11/h2-8,12-14H,9H2,1H3,(H,18,19)(H,20,21). The molecule has 3 atom stereocenters. The molecule has 22 heavy (non-hydrogen) atoms. The van der Waals surface area contributed by atoms with Crippen LogP contribution < -0.4 is 5.32 Å². The van der Waals surface area contributed by atoms with Gasteiger partial charge in [-0.2, -0.15) is 0 Å². The number of aryl methyl sites for hydroxylation is 1. The Hall–Kier alpha value is -2.14. The van der Waals surface area contributed by atoms with Gasteiger partial charge in [-0.15, -0.1) is 11.3 Å². The molecule has 1 saturated carbocycles. The summed E-state index contributed by atoms with van der Waals surface area (Å²) in [5, 5.41) is 14.1. The maximum Gasteiger partial charge on any atom is 0.330 e. The van der Waals surface area contributed by atoms with Crippen molar-refractivity contribution >= 4 is 23.2 Å². The van der Waals surface area contributed by atoms with Gasteiger partial charge in [0, 0.05) is 16.7 Å². The highest BCUT2D eigenvalue weighted by Crippen LogP contribution is 2.50. The third-order valence-corrected chi connectivity index (χ3v) is 5.18. The average Bonchev–Trinajstić information content (AvgIpc) is 3.19. The van der Waals surface area contributed by atoms with Crippen molar-refractivity contribution in [2.24, 2.45) is 5.92 Å². The quantitative estimate of drug-likeness (QED) is 0.891. The summed E-state index contributed by atoms with van der Waals surface area (Å²) in [4.78, 5) is 25.0. The molecule has 2 N–H and O–H groups in total. The van der Waals surface area contributed by atoms with Gasteiger partial charge < -0.3 is 10.4 Å². The first kappa shape index (κ1) is 14.8. The van der Waals surface area contributed by atoms with E-state index in [1.54, 1.807) is 35.6 Å². The van der Waals surface area contributed by atoms with Crippen molar-refractivity contribution in [3.05, 3.63) is 57.8 Å². The van der Waals surface area contributed by atoms with Crippen LogP contribution in [-0.2, 0) is 9.59 Å². The number of nitrogens with one attached hydrogen (secondary N) is 1. The van der Waals surface area contributed by atoms with Crippen LogP contribution in [0.2, 0.25) is 0 Å². The molecule has 1 aromatic carbocycles. The first-order valence-corrected chi connectivity index (χ1v) is 8.08. The lowest BCUT2D eigenvalue weighted by molar-refractivity contribution is -0.142. The molecular formula is C17H17NO3S. The highest BCUT2D eigenvalue weighted by atomic mass is 32.1. The Morgan fingerprint density at radius 3 is 2.59 bits per heavy atom. The Morgan fingerprint density at radius 1 is 1.27 bits per heavy atom. The molecular weight excluding hydrogens is 298 g/mol. The SMILES string of the molecule is Cc1ccsc1C1CC1C(=O)NC(C(=O)O)c1ccccc1. The lowest BCUT2D eigenvalue weighted by atomic mass is 10.1. The van der Waals surface area contributed by atoms with Gasteiger partial charge in [-0.3, -0.25) is 4.79 Å². The summed E-state index contributed by atoms with van der Waals surface area (Å²) >= 11 is 1.67. The molecule has 5 heteroatoms. The zero-order valence-corrected chi connectivity index (χ0v) is 13.0. The molecule has 4 nitrogen and oxygen atoms in total. The van der Waals surface area contributed by atoms with Gasteiger partial charge in [0.15, 0.2) is 6.04 Å². The largest absolute Gasteiger partial charge is 0.479 e. The van der Waals surface area contributed by atoms with Crippen LogP contribution in [0, 0.1) is 12.8 Å². The van der Waals surface area contributed by atoms with Crippen LogP contribution in [0.15, 0.2) is 41.8 Å². The van der Waals surface area contributed by atoms with Crippen molar-refractivity contribution in [1.29, 1.82) is 0 Å². The van der Waals surface area contributed by atoms with Crippen LogP contribution in [0.3, 0.4) is 0 Å². The Morgan fingerprint density at radius 2 is 2.00 bits per heavy atom. The minimum absolute atomic E-state index is 0.108. The highest BCUT2D eigenvalue weighted by molar-refractivity contribution is 7.10. The second-order valence-corrected chi connectivity index (χ2v) is 6.55. The fourth-order valence-corrected chi connectivity index (χ4v) is 3.83. The molecule has 1 aromatic heterocycles. The molecule has 1 heterocycles. The van der Waals surface area contributed by atoms with Crippen LogP contribution in [0.1, 0.15) is 34.4 Å². The zero-order valence-electron chi connectivity index (χ0n) is 12.2. The monoisotopic (exact) mass is 315 g/mol. The molecule has 0 saturated heterocycles. The maximum atomic E-state index is 12.3. The predicted molar refractivity (Wildman–Crippen MR) is 84.9 cm³/mol. The minimum atomic E-state index is -1.04. The van der Waals surface area contributed by atoms with Crippen LogP contribution in [-0.4, -0.2) is 17.0 Å². The highest BCUT2D eigenvalue weighted by Gasteiger charge is 2.46. The van der Waals surface area contributed by atoms with E-state index in [1.807, 2.05) is 18.4 Å². The number of benzene rings is 1. The predicted octanol–water partition coefficient (Wildman–Crippen LogP) is 3.10. The summed E-state index contributed by atoms with van der Waals surface area (Å²) in [6, 6.07) is 9.86. The lowest BCUT2D eigenvalue weighted by Crippen LogP contribution is -2.34. The smallest absolute Gasteiger partial charge is 0.330 e.